The first kappa shape index (κ1) is 22.0. The fourth-order valence-electron chi connectivity index (χ4n) is 4.21. The number of hydrogen-bond acceptors (Lipinski definition) is 6. The molecule has 2 saturated heterocycles. The second-order valence-electron chi connectivity index (χ2n) is 8.98. The maximum Gasteiger partial charge on any atom is 0.192 e. The Morgan fingerprint density at radius 2 is 1.06 bits per heavy atom. The zero-order valence-electron chi connectivity index (χ0n) is 18.7. The Morgan fingerprint density at radius 1 is 0.677 bits per heavy atom. The van der Waals surface area contributed by atoms with E-state index in [9.17, 15) is 9.59 Å². The molecule has 2 aliphatic rings. The van der Waals surface area contributed by atoms with Gasteiger partial charge in [0.1, 0.15) is 0 Å². The molecule has 2 aromatic rings. The maximum absolute atomic E-state index is 12.6. The smallest absolute Gasteiger partial charge is 0.192 e. The number of H-pyrrole nitrogens is 2. The molecule has 0 saturated carbocycles. The van der Waals surface area contributed by atoms with Crippen molar-refractivity contribution in [3.8, 4) is 0 Å². The van der Waals surface area contributed by atoms with Crippen LogP contribution >= 0.6 is 0 Å². The molecular weight excluding hydrogens is 392 g/mol. The third kappa shape index (κ3) is 5.92. The summed E-state index contributed by atoms with van der Waals surface area (Å²) >= 11 is 0. The summed E-state index contributed by atoms with van der Waals surface area (Å²) in [5.41, 5.74) is 3.27. The lowest BCUT2D eigenvalue weighted by molar-refractivity contribution is 0.0865. The first-order chi connectivity index (χ1) is 15.0. The third-order valence-electron chi connectivity index (χ3n) is 6.40. The molecule has 0 bridgehead atoms. The van der Waals surface area contributed by atoms with Crippen LogP contribution < -0.4 is 0 Å². The van der Waals surface area contributed by atoms with Gasteiger partial charge in [-0.25, -0.2) is 0 Å². The van der Waals surface area contributed by atoms with E-state index in [1.807, 2.05) is 24.3 Å². The van der Waals surface area contributed by atoms with Crippen LogP contribution in [0.1, 0.15) is 32.4 Å². The maximum atomic E-state index is 12.6. The molecule has 0 aliphatic carbocycles. The monoisotopic (exact) mass is 426 g/mol. The second-order valence-corrected chi connectivity index (χ2v) is 8.98. The number of aromatic amines is 2. The van der Waals surface area contributed by atoms with Gasteiger partial charge >= 0.3 is 0 Å². The van der Waals surface area contributed by atoms with Crippen LogP contribution in [0.15, 0.2) is 24.3 Å². The van der Waals surface area contributed by atoms with E-state index < -0.39 is 0 Å². The lowest BCUT2D eigenvalue weighted by atomic mass is 10.2. The Labute approximate surface area is 184 Å². The summed E-state index contributed by atoms with van der Waals surface area (Å²) in [5, 5.41) is 0. The van der Waals surface area contributed by atoms with Gasteiger partial charge < -0.3 is 19.8 Å². The molecule has 4 rings (SSSR count). The van der Waals surface area contributed by atoms with E-state index in [-0.39, 0.29) is 11.6 Å². The molecule has 2 N–H and O–H groups in total. The van der Waals surface area contributed by atoms with Crippen molar-refractivity contribution in [1.82, 2.24) is 29.6 Å². The average Bonchev–Trinajstić information content (AvgIpc) is 3.42. The highest BCUT2D eigenvalue weighted by atomic mass is 16.1. The number of carbonyl (C=O) groups excluding carboxylic acids is 2. The molecule has 8 nitrogen and oxygen atoms in total. The molecule has 0 atom stereocenters. The minimum absolute atomic E-state index is 0.130. The SMILES string of the molecule is CN1CCN(CC(=O)c2ccc(Cc3ccc(C(=O)CN4CCN(C)CC4)[nH]3)[nH]2)CC1. The number of aromatic nitrogens is 2. The van der Waals surface area contributed by atoms with Crippen molar-refractivity contribution in [2.45, 2.75) is 6.42 Å². The Balaban J connectivity index is 1.28. The molecule has 2 aliphatic heterocycles. The van der Waals surface area contributed by atoms with Crippen molar-refractivity contribution in [3.63, 3.8) is 0 Å². The van der Waals surface area contributed by atoms with E-state index in [2.05, 4.69) is 43.7 Å². The van der Waals surface area contributed by atoms with Crippen LogP contribution in [0.2, 0.25) is 0 Å². The Bertz CT molecular complexity index is 815. The number of carbonyl (C=O) groups is 2. The van der Waals surface area contributed by atoms with E-state index in [0.717, 1.165) is 63.7 Å². The van der Waals surface area contributed by atoms with Crippen molar-refractivity contribution in [1.29, 1.82) is 0 Å². The summed E-state index contributed by atoms with van der Waals surface area (Å²) in [6, 6.07) is 7.67. The summed E-state index contributed by atoms with van der Waals surface area (Å²) in [5.74, 6) is 0.260. The van der Waals surface area contributed by atoms with E-state index in [1.54, 1.807) is 0 Å². The van der Waals surface area contributed by atoms with Gasteiger partial charge in [-0.05, 0) is 38.4 Å². The van der Waals surface area contributed by atoms with Gasteiger partial charge in [0.15, 0.2) is 11.6 Å². The van der Waals surface area contributed by atoms with Gasteiger partial charge in [0.2, 0.25) is 0 Å². The van der Waals surface area contributed by atoms with Gasteiger partial charge in [-0.15, -0.1) is 0 Å². The lowest BCUT2D eigenvalue weighted by Gasteiger charge is -2.31. The lowest BCUT2D eigenvalue weighted by Crippen LogP contribution is -2.46. The highest BCUT2D eigenvalue weighted by molar-refractivity contribution is 5.96. The van der Waals surface area contributed by atoms with Gasteiger partial charge in [-0.2, -0.15) is 0 Å². The summed E-state index contributed by atoms with van der Waals surface area (Å²) in [6.45, 7) is 8.68. The first-order valence-electron chi connectivity index (χ1n) is 11.2. The Morgan fingerprint density at radius 3 is 1.45 bits per heavy atom. The van der Waals surface area contributed by atoms with E-state index in [4.69, 9.17) is 0 Å². The fraction of sp³-hybridized carbons (Fsp3) is 0.565. The number of hydrogen-bond donors (Lipinski definition) is 2. The topological polar surface area (TPSA) is 78.7 Å². The number of Topliss-reactive ketones (excluding diaryl/α,β-unsaturated/α-hetero) is 2. The zero-order valence-corrected chi connectivity index (χ0v) is 18.7. The molecule has 168 valence electrons. The fourth-order valence-corrected chi connectivity index (χ4v) is 4.21. The molecular formula is C23H34N6O2. The quantitative estimate of drug-likeness (QED) is 0.608. The highest BCUT2D eigenvalue weighted by Gasteiger charge is 2.20. The van der Waals surface area contributed by atoms with Crippen molar-refractivity contribution in [3.05, 3.63) is 47.0 Å². The summed E-state index contributed by atoms with van der Waals surface area (Å²) in [4.78, 5) is 40.8. The van der Waals surface area contributed by atoms with Crippen LogP contribution in [-0.4, -0.2) is 121 Å². The number of rotatable bonds is 8. The van der Waals surface area contributed by atoms with E-state index in [1.165, 1.54) is 0 Å². The van der Waals surface area contributed by atoms with Gasteiger partial charge in [0, 0.05) is 70.2 Å². The third-order valence-corrected chi connectivity index (χ3v) is 6.40. The van der Waals surface area contributed by atoms with Crippen LogP contribution in [0.5, 0.6) is 0 Å². The minimum Gasteiger partial charge on any atom is -0.356 e. The largest absolute Gasteiger partial charge is 0.356 e. The molecule has 0 unspecified atom stereocenters. The highest BCUT2D eigenvalue weighted by Crippen LogP contribution is 2.12. The number of nitrogens with one attached hydrogen (secondary N) is 2. The Kier molecular flexibility index (Phi) is 7.02. The average molecular weight is 427 g/mol. The molecule has 0 aromatic carbocycles. The summed E-state index contributed by atoms with van der Waals surface area (Å²) < 4.78 is 0. The minimum atomic E-state index is 0.130. The van der Waals surface area contributed by atoms with Crippen LogP contribution in [0, 0.1) is 0 Å². The van der Waals surface area contributed by atoms with Crippen LogP contribution in [-0.2, 0) is 6.42 Å². The van der Waals surface area contributed by atoms with E-state index >= 15 is 0 Å². The van der Waals surface area contributed by atoms with Gasteiger partial charge in [-0.3, -0.25) is 19.4 Å². The number of piperazine rings is 2. The number of likely N-dealkylation sites (N-methyl/N-ethyl adjacent to an activating group) is 2. The van der Waals surface area contributed by atoms with Crippen LogP contribution in [0.25, 0.3) is 0 Å². The summed E-state index contributed by atoms with van der Waals surface area (Å²) in [7, 11) is 4.23. The normalized spacial score (nSPS) is 19.7. The van der Waals surface area contributed by atoms with Gasteiger partial charge in [0.05, 0.1) is 24.5 Å². The van der Waals surface area contributed by atoms with Crippen LogP contribution in [0.4, 0.5) is 0 Å². The van der Waals surface area contributed by atoms with Crippen molar-refractivity contribution >= 4 is 11.6 Å². The second kappa shape index (κ2) is 9.91. The molecule has 2 fully saturated rings. The van der Waals surface area contributed by atoms with Crippen LogP contribution in [0.3, 0.4) is 0 Å². The first-order valence-corrected chi connectivity index (χ1v) is 11.2. The molecule has 0 spiro atoms. The Hall–Kier alpha value is -2.26. The summed E-state index contributed by atoms with van der Waals surface area (Å²) in [6.07, 6.45) is 0.642. The molecule has 0 radical (unpaired) electrons. The molecule has 8 heteroatoms. The number of nitrogens with zero attached hydrogens (tertiary/aromatic N) is 4. The van der Waals surface area contributed by atoms with E-state index in [0.29, 0.717) is 30.9 Å². The molecule has 2 aromatic heterocycles. The zero-order chi connectivity index (χ0) is 21.8. The van der Waals surface area contributed by atoms with Gasteiger partial charge in [0.25, 0.3) is 0 Å². The molecule has 0 amide bonds. The van der Waals surface area contributed by atoms with Crippen molar-refractivity contribution in [2.75, 3.05) is 79.5 Å². The van der Waals surface area contributed by atoms with Gasteiger partial charge in [-0.1, -0.05) is 0 Å². The van der Waals surface area contributed by atoms with Crippen molar-refractivity contribution < 1.29 is 9.59 Å². The van der Waals surface area contributed by atoms with Crippen molar-refractivity contribution in [2.24, 2.45) is 0 Å². The standard InChI is InChI=1S/C23H34N6O2/c1-26-7-11-28(12-8-26)16-22(30)20-5-3-18(24-20)15-19-4-6-21(25-19)23(31)17-29-13-9-27(2)10-14-29/h3-6,24-25H,7-17H2,1-2H3. The number of ketones is 2. The predicted octanol–water partition coefficient (Wildman–Crippen LogP) is 0.794. The predicted molar refractivity (Wildman–Crippen MR) is 121 cm³/mol. The molecule has 4 heterocycles. The molecule has 31 heavy (non-hydrogen) atoms.